The maximum atomic E-state index is 12.2. The van der Waals surface area contributed by atoms with Gasteiger partial charge in [-0.2, -0.15) is 8.42 Å². The van der Waals surface area contributed by atoms with E-state index in [0.29, 0.717) is 21.4 Å². The maximum absolute atomic E-state index is 12.2. The fourth-order valence-electron chi connectivity index (χ4n) is 2.50. The number of urea groups is 1. The molecule has 0 fully saturated rings. The number of ether oxygens (including phenoxy) is 2. The first-order valence-electron chi connectivity index (χ1n) is 7.57. The van der Waals surface area contributed by atoms with Crippen molar-refractivity contribution < 1.29 is 27.5 Å². The Kier molecular flexibility index (Phi) is 4.96. The van der Waals surface area contributed by atoms with E-state index in [-0.39, 0.29) is 12.3 Å². The molecule has 138 valence electrons. The monoisotopic (exact) mass is 371 g/mol. The Morgan fingerprint density at radius 3 is 2.56 bits per heavy atom. The third-order valence-corrected chi connectivity index (χ3v) is 4.65. The molecule has 0 unspecified atom stereocenters. The zero-order valence-corrected chi connectivity index (χ0v) is 15.3. The SMILES string of the molecule is CCN(C(=O)N(C)C(=O)Oc1cccc2c1OC(C)(C)C2)S(N)(=O)=O. The van der Waals surface area contributed by atoms with Gasteiger partial charge in [0.1, 0.15) is 5.60 Å². The van der Waals surface area contributed by atoms with Crippen molar-refractivity contribution in [3.63, 3.8) is 0 Å². The molecule has 9 nitrogen and oxygen atoms in total. The van der Waals surface area contributed by atoms with Crippen LogP contribution in [0.25, 0.3) is 0 Å². The molecule has 0 bridgehead atoms. The van der Waals surface area contributed by atoms with Crippen LogP contribution in [-0.4, -0.2) is 48.9 Å². The Balaban J connectivity index is 2.19. The van der Waals surface area contributed by atoms with Gasteiger partial charge in [-0.1, -0.05) is 12.1 Å². The van der Waals surface area contributed by atoms with E-state index in [1.807, 2.05) is 19.9 Å². The average molecular weight is 371 g/mol. The first kappa shape index (κ1) is 19.0. The molecular weight excluding hydrogens is 350 g/mol. The van der Waals surface area contributed by atoms with Crippen molar-refractivity contribution in [1.29, 1.82) is 0 Å². The van der Waals surface area contributed by atoms with E-state index in [9.17, 15) is 18.0 Å². The number of nitrogens with two attached hydrogens (primary N) is 1. The minimum absolute atomic E-state index is 0.159. The number of rotatable bonds is 3. The second-order valence-electron chi connectivity index (χ2n) is 6.20. The number of benzene rings is 1. The predicted molar refractivity (Wildman–Crippen MR) is 89.5 cm³/mol. The molecule has 0 saturated carbocycles. The van der Waals surface area contributed by atoms with E-state index in [1.54, 1.807) is 6.07 Å². The molecule has 0 radical (unpaired) electrons. The van der Waals surface area contributed by atoms with Crippen LogP contribution in [0.5, 0.6) is 11.5 Å². The van der Waals surface area contributed by atoms with Crippen LogP contribution in [0, 0.1) is 0 Å². The lowest BCUT2D eigenvalue weighted by Crippen LogP contribution is -2.49. The number of fused-ring (bicyclic) bond motifs is 1. The highest BCUT2D eigenvalue weighted by atomic mass is 32.2. The lowest BCUT2D eigenvalue weighted by molar-refractivity contribution is 0.128. The highest BCUT2D eigenvalue weighted by Gasteiger charge is 2.34. The topological polar surface area (TPSA) is 119 Å². The van der Waals surface area contributed by atoms with Gasteiger partial charge in [0.05, 0.1) is 0 Å². The average Bonchev–Trinajstić information content (AvgIpc) is 2.80. The lowest BCUT2D eigenvalue weighted by Gasteiger charge is -2.23. The molecule has 0 aliphatic carbocycles. The van der Waals surface area contributed by atoms with Gasteiger partial charge in [-0.3, -0.25) is 0 Å². The molecular formula is C15H21N3O6S. The number of hydrogen-bond donors (Lipinski definition) is 1. The van der Waals surface area contributed by atoms with Crippen molar-refractivity contribution in [3.8, 4) is 11.5 Å². The predicted octanol–water partition coefficient (Wildman–Crippen LogP) is 1.48. The molecule has 1 aliphatic heterocycles. The minimum Gasteiger partial charge on any atom is -0.483 e. The number of amides is 3. The molecule has 1 aromatic carbocycles. The van der Waals surface area contributed by atoms with E-state index in [1.165, 1.54) is 13.0 Å². The van der Waals surface area contributed by atoms with Gasteiger partial charge >= 0.3 is 22.3 Å². The number of hydrogen-bond acceptors (Lipinski definition) is 6. The van der Waals surface area contributed by atoms with Crippen LogP contribution >= 0.6 is 0 Å². The molecule has 3 amide bonds. The quantitative estimate of drug-likeness (QED) is 0.859. The fourth-order valence-corrected chi connectivity index (χ4v) is 3.20. The Morgan fingerprint density at radius 1 is 1.36 bits per heavy atom. The van der Waals surface area contributed by atoms with Crippen LogP contribution in [-0.2, 0) is 16.6 Å². The zero-order valence-electron chi connectivity index (χ0n) is 14.5. The Hall–Kier alpha value is -2.33. The zero-order chi connectivity index (χ0) is 19.0. The van der Waals surface area contributed by atoms with E-state index in [0.717, 1.165) is 12.6 Å². The number of imide groups is 1. The molecule has 1 aromatic rings. The molecule has 0 saturated heterocycles. The lowest BCUT2D eigenvalue weighted by atomic mass is 10.0. The first-order chi connectivity index (χ1) is 11.5. The highest BCUT2D eigenvalue weighted by molar-refractivity contribution is 7.87. The summed E-state index contributed by atoms with van der Waals surface area (Å²) in [6, 6.07) is 3.99. The van der Waals surface area contributed by atoms with Gasteiger partial charge < -0.3 is 9.47 Å². The van der Waals surface area contributed by atoms with Crippen LogP contribution in [0.1, 0.15) is 26.3 Å². The Morgan fingerprint density at radius 2 is 2.00 bits per heavy atom. The van der Waals surface area contributed by atoms with Crippen molar-refractivity contribution in [1.82, 2.24) is 9.21 Å². The number of nitrogens with zero attached hydrogens (tertiary/aromatic N) is 2. The van der Waals surface area contributed by atoms with Crippen molar-refractivity contribution >= 4 is 22.3 Å². The molecule has 1 aliphatic rings. The van der Waals surface area contributed by atoms with E-state index < -0.39 is 27.9 Å². The summed E-state index contributed by atoms with van der Waals surface area (Å²) in [4.78, 5) is 24.9. The van der Waals surface area contributed by atoms with Gasteiger partial charge in [-0.05, 0) is 26.8 Å². The summed E-state index contributed by atoms with van der Waals surface area (Å²) in [6.45, 7) is 5.01. The first-order valence-corrected chi connectivity index (χ1v) is 9.07. The second kappa shape index (κ2) is 6.52. The molecule has 10 heteroatoms. The van der Waals surface area contributed by atoms with Gasteiger partial charge in [-0.25, -0.2) is 23.9 Å². The van der Waals surface area contributed by atoms with Crippen LogP contribution in [0.4, 0.5) is 9.59 Å². The molecule has 2 N–H and O–H groups in total. The van der Waals surface area contributed by atoms with Gasteiger partial charge in [0.15, 0.2) is 11.5 Å². The normalized spacial score (nSPS) is 15.1. The van der Waals surface area contributed by atoms with Gasteiger partial charge in [0, 0.05) is 25.6 Å². The maximum Gasteiger partial charge on any atom is 0.423 e. The van der Waals surface area contributed by atoms with Gasteiger partial charge in [-0.15, -0.1) is 0 Å². The van der Waals surface area contributed by atoms with Crippen molar-refractivity contribution in [3.05, 3.63) is 23.8 Å². The largest absolute Gasteiger partial charge is 0.483 e. The molecule has 1 heterocycles. The standard InChI is InChI=1S/C15H21N3O6S/c1-5-18(25(16,21)22)13(19)17(4)14(20)23-11-8-6-7-10-9-15(2,3)24-12(10)11/h6-8H,5,9H2,1-4H3,(H2,16,21,22). The summed E-state index contributed by atoms with van der Waals surface area (Å²) in [5.74, 6) is 0.590. The number of carbonyl (C=O) groups excluding carboxylic acids is 2. The molecule has 0 aromatic heterocycles. The van der Waals surface area contributed by atoms with Crippen molar-refractivity contribution in [2.75, 3.05) is 13.6 Å². The molecule has 0 spiro atoms. The van der Waals surface area contributed by atoms with Gasteiger partial charge in [0.25, 0.3) is 0 Å². The third kappa shape index (κ3) is 4.02. The highest BCUT2D eigenvalue weighted by Crippen LogP contribution is 2.41. The molecule has 25 heavy (non-hydrogen) atoms. The van der Waals surface area contributed by atoms with E-state index >= 15 is 0 Å². The summed E-state index contributed by atoms with van der Waals surface area (Å²) in [6.07, 6.45) is -0.397. The Bertz CT molecular complexity index is 805. The fraction of sp³-hybridized carbons (Fsp3) is 0.467. The number of carbonyl (C=O) groups is 2. The summed E-state index contributed by atoms with van der Waals surface area (Å²) >= 11 is 0. The number of para-hydroxylation sites is 1. The van der Waals surface area contributed by atoms with Crippen LogP contribution < -0.4 is 14.6 Å². The van der Waals surface area contributed by atoms with Gasteiger partial charge in [0.2, 0.25) is 0 Å². The summed E-state index contributed by atoms with van der Waals surface area (Å²) in [5, 5.41) is 4.96. The van der Waals surface area contributed by atoms with Crippen molar-refractivity contribution in [2.45, 2.75) is 32.8 Å². The smallest absolute Gasteiger partial charge is 0.423 e. The molecule has 0 atom stereocenters. The van der Waals surface area contributed by atoms with E-state index in [2.05, 4.69) is 0 Å². The Labute approximate surface area is 146 Å². The summed E-state index contributed by atoms with van der Waals surface area (Å²) in [7, 11) is -3.18. The summed E-state index contributed by atoms with van der Waals surface area (Å²) in [5.41, 5.74) is 0.447. The van der Waals surface area contributed by atoms with Crippen LogP contribution in [0.15, 0.2) is 18.2 Å². The minimum atomic E-state index is -4.28. The summed E-state index contributed by atoms with van der Waals surface area (Å²) < 4.78 is 34.2. The third-order valence-electron chi connectivity index (χ3n) is 3.62. The second-order valence-corrected chi connectivity index (χ2v) is 7.67. The van der Waals surface area contributed by atoms with E-state index in [4.69, 9.17) is 14.6 Å². The van der Waals surface area contributed by atoms with Crippen molar-refractivity contribution in [2.24, 2.45) is 5.14 Å². The van der Waals surface area contributed by atoms with Crippen LogP contribution in [0.3, 0.4) is 0 Å². The molecule has 2 rings (SSSR count). The van der Waals surface area contributed by atoms with Crippen LogP contribution in [0.2, 0.25) is 0 Å².